The molecule has 2 heterocycles. The van der Waals surface area contributed by atoms with Crippen LogP contribution in [-0.4, -0.2) is 61.3 Å². The maximum absolute atomic E-state index is 10.8. The molecule has 0 saturated carbocycles. The van der Waals surface area contributed by atoms with Crippen molar-refractivity contribution in [2.75, 3.05) is 6.61 Å². The van der Waals surface area contributed by atoms with Crippen LogP contribution in [0.2, 0.25) is 0 Å². The van der Waals surface area contributed by atoms with Gasteiger partial charge in [-0.25, -0.2) is 14.8 Å². The predicted octanol–water partition coefficient (Wildman–Crippen LogP) is -1.67. The Hall–Kier alpha value is -1.61. The highest BCUT2D eigenvalue weighted by molar-refractivity contribution is 5.85. The van der Waals surface area contributed by atoms with Crippen molar-refractivity contribution in [1.29, 1.82) is 0 Å². The molecule has 0 amide bonds. The van der Waals surface area contributed by atoms with Gasteiger partial charge in [0.05, 0.1) is 6.61 Å². The lowest BCUT2D eigenvalue weighted by Gasteiger charge is -2.12. The summed E-state index contributed by atoms with van der Waals surface area (Å²) in [6.07, 6.45) is -3.36. The zero-order valence-corrected chi connectivity index (χ0v) is 9.17. The van der Waals surface area contributed by atoms with Crippen LogP contribution in [-0.2, 0) is 4.74 Å². The molecule has 1 unspecified atom stereocenters. The van der Waals surface area contributed by atoms with Crippen LogP contribution >= 0.6 is 0 Å². The Kier molecular flexibility index (Phi) is 3.53. The largest absolute Gasteiger partial charge is 0.477 e. The molecule has 4 atom stereocenters. The zero-order chi connectivity index (χ0) is 13.3. The van der Waals surface area contributed by atoms with Crippen molar-refractivity contribution in [3.05, 3.63) is 23.8 Å². The summed E-state index contributed by atoms with van der Waals surface area (Å²) in [5, 5.41) is 37.0. The molecule has 1 saturated heterocycles. The molecule has 98 valence electrons. The summed E-state index contributed by atoms with van der Waals surface area (Å²) in [5.74, 6) is -1.28. The Morgan fingerprint density at radius 1 is 1.39 bits per heavy atom. The zero-order valence-electron chi connectivity index (χ0n) is 9.17. The van der Waals surface area contributed by atoms with E-state index in [-0.39, 0.29) is 11.5 Å². The Bertz CT molecular complexity index is 454. The number of aliphatic hydroxyl groups excluding tert-OH is 3. The topological polar surface area (TPSA) is 133 Å². The average Bonchev–Trinajstić information content (AvgIpc) is 2.66. The molecule has 1 aromatic heterocycles. The van der Waals surface area contributed by atoms with E-state index in [4.69, 9.17) is 14.9 Å². The van der Waals surface area contributed by atoms with Crippen molar-refractivity contribution in [3.8, 4) is 0 Å². The van der Waals surface area contributed by atoms with E-state index in [0.717, 1.165) is 0 Å². The van der Waals surface area contributed by atoms with Crippen LogP contribution in [0.3, 0.4) is 0 Å². The fraction of sp³-hybridized carbons (Fsp3) is 0.500. The Balaban J connectivity index is 2.27. The number of aromatic nitrogens is 2. The van der Waals surface area contributed by atoms with E-state index in [9.17, 15) is 15.0 Å². The highest BCUT2D eigenvalue weighted by atomic mass is 16.6. The maximum Gasteiger partial charge on any atom is 0.354 e. The van der Waals surface area contributed by atoms with E-state index in [2.05, 4.69) is 9.97 Å². The number of aromatic carboxylic acids is 1. The maximum atomic E-state index is 10.8. The standard InChI is InChI=1S/C10H12N2O6/c13-3-5-6(14)7(15)8(18-5)9-11-2-1-4(12-9)10(16)17/h1-2,5-8,13-15H,3H2,(H,16,17)/t5-,6-,7-,8?/m1/s1. The number of nitrogens with zero attached hydrogens (tertiary/aromatic N) is 2. The molecule has 0 aromatic carbocycles. The van der Waals surface area contributed by atoms with Gasteiger partial charge in [0.15, 0.2) is 11.5 Å². The average molecular weight is 256 g/mol. The number of hydrogen-bond donors (Lipinski definition) is 4. The van der Waals surface area contributed by atoms with Crippen LogP contribution in [0.4, 0.5) is 0 Å². The van der Waals surface area contributed by atoms with Crippen molar-refractivity contribution in [3.63, 3.8) is 0 Å². The van der Waals surface area contributed by atoms with Crippen molar-refractivity contribution >= 4 is 5.97 Å². The molecule has 1 aliphatic heterocycles. The number of carbonyl (C=O) groups is 1. The third kappa shape index (κ3) is 2.18. The summed E-state index contributed by atoms with van der Waals surface area (Å²) in [4.78, 5) is 18.3. The van der Waals surface area contributed by atoms with E-state index < -0.39 is 37.0 Å². The smallest absolute Gasteiger partial charge is 0.354 e. The van der Waals surface area contributed by atoms with Gasteiger partial charge in [0.2, 0.25) is 0 Å². The van der Waals surface area contributed by atoms with Gasteiger partial charge in [0, 0.05) is 6.20 Å². The van der Waals surface area contributed by atoms with Crippen LogP contribution in [0, 0.1) is 0 Å². The summed E-state index contributed by atoms with van der Waals surface area (Å²) in [6, 6.07) is 1.20. The molecule has 1 aromatic rings. The van der Waals surface area contributed by atoms with E-state index >= 15 is 0 Å². The van der Waals surface area contributed by atoms with Gasteiger partial charge in [-0.05, 0) is 6.07 Å². The normalized spacial score (nSPS) is 31.5. The third-order valence-electron chi connectivity index (χ3n) is 2.69. The second kappa shape index (κ2) is 4.94. The molecule has 4 N–H and O–H groups in total. The van der Waals surface area contributed by atoms with Gasteiger partial charge < -0.3 is 25.2 Å². The van der Waals surface area contributed by atoms with Gasteiger partial charge in [0.1, 0.15) is 24.4 Å². The van der Waals surface area contributed by atoms with Gasteiger partial charge in [-0.15, -0.1) is 0 Å². The minimum Gasteiger partial charge on any atom is -0.477 e. The number of carboxylic acid groups (broad SMARTS) is 1. The second-order valence-electron chi connectivity index (χ2n) is 3.86. The van der Waals surface area contributed by atoms with E-state index in [1.807, 2.05) is 0 Å². The number of ether oxygens (including phenoxy) is 1. The number of carboxylic acids is 1. The van der Waals surface area contributed by atoms with Crippen molar-refractivity contribution < 1.29 is 30.0 Å². The third-order valence-corrected chi connectivity index (χ3v) is 2.69. The summed E-state index contributed by atoms with van der Waals surface area (Å²) in [5.41, 5.74) is -0.238. The van der Waals surface area contributed by atoms with Crippen LogP contribution in [0.5, 0.6) is 0 Å². The molecule has 2 rings (SSSR count). The molecular formula is C10H12N2O6. The number of rotatable bonds is 3. The van der Waals surface area contributed by atoms with Gasteiger partial charge in [-0.2, -0.15) is 0 Å². The summed E-state index contributed by atoms with van der Waals surface area (Å²) >= 11 is 0. The van der Waals surface area contributed by atoms with Crippen molar-refractivity contribution in [2.45, 2.75) is 24.4 Å². The lowest BCUT2D eigenvalue weighted by atomic mass is 10.1. The van der Waals surface area contributed by atoms with Crippen LogP contribution in [0.25, 0.3) is 0 Å². The van der Waals surface area contributed by atoms with E-state index in [1.54, 1.807) is 0 Å². The first-order chi connectivity index (χ1) is 8.54. The monoisotopic (exact) mass is 256 g/mol. The Morgan fingerprint density at radius 3 is 2.67 bits per heavy atom. The number of aliphatic hydroxyl groups is 3. The van der Waals surface area contributed by atoms with Crippen molar-refractivity contribution in [1.82, 2.24) is 9.97 Å². The van der Waals surface area contributed by atoms with Gasteiger partial charge >= 0.3 is 5.97 Å². The van der Waals surface area contributed by atoms with Crippen LogP contribution in [0.1, 0.15) is 22.4 Å². The first-order valence-electron chi connectivity index (χ1n) is 5.23. The first kappa shape index (κ1) is 12.8. The molecule has 0 spiro atoms. The fourth-order valence-corrected chi connectivity index (χ4v) is 1.74. The fourth-order valence-electron chi connectivity index (χ4n) is 1.74. The Morgan fingerprint density at radius 2 is 2.11 bits per heavy atom. The Labute approximate surface area is 102 Å². The lowest BCUT2D eigenvalue weighted by Crippen LogP contribution is -2.32. The molecule has 8 heteroatoms. The number of hydrogen-bond acceptors (Lipinski definition) is 7. The van der Waals surface area contributed by atoms with Gasteiger partial charge in [0.25, 0.3) is 0 Å². The molecule has 0 radical (unpaired) electrons. The summed E-state index contributed by atoms with van der Waals surface area (Å²) in [6.45, 7) is -0.465. The van der Waals surface area contributed by atoms with Crippen molar-refractivity contribution in [2.24, 2.45) is 0 Å². The first-order valence-corrected chi connectivity index (χ1v) is 5.23. The molecule has 0 bridgehead atoms. The van der Waals surface area contributed by atoms with E-state index in [0.29, 0.717) is 0 Å². The molecule has 8 nitrogen and oxygen atoms in total. The van der Waals surface area contributed by atoms with E-state index in [1.165, 1.54) is 12.3 Å². The second-order valence-corrected chi connectivity index (χ2v) is 3.86. The quantitative estimate of drug-likeness (QED) is 0.504. The van der Waals surface area contributed by atoms with Gasteiger partial charge in [-0.1, -0.05) is 0 Å². The highest BCUT2D eigenvalue weighted by Crippen LogP contribution is 2.31. The molecule has 1 fully saturated rings. The van der Waals surface area contributed by atoms with Crippen LogP contribution in [0.15, 0.2) is 12.3 Å². The molecule has 0 aliphatic carbocycles. The summed E-state index contributed by atoms with van der Waals surface area (Å²) < 4.78 is 5.19. The molecular weight excluding hydrogens is 244 g/mol. The van der Waals surface area contributed by atoms with Gasteiger partial charge in [-0.3, -0.25) is 0 Å². The summed E-state index contributed by atoms with van der Waals surface area (Å²) in [7, 11) is 0. The minimum atomic E-state index is -1.31. The molecule has 18 heavy (non-hydrogen) atoms. The minimum absolute atomic E-state index is 0.0441. The predicted molar refractivity (Wildman–Crippen MR) is 55.7 cm³/mol. The SMILES string of the molecule is O=C(O)c1ccnc(C2O[C@H](CO)[C@@H](O)[C@H]2O)n1. The molecule has 1 aliphatic rings. The highest BCUT2D eigenvalue weighted by Gasteiger charge is 2.44. The lowest BCUT2D eigenvalue weighted by molar-refractivity contribution is -0.0253. The van der Waals surface area contributed by atoms with Crippen LogP contribution < -0.4 is 0 Å².